The number of rotatable bonds is 1. The third-order valence-corrected chi connectivity index (χ3v) is 3.42. The van der Waals surface area contributed by atoms with Crippen molar-refractivity contribution in [3.05, 3.63) is 33.5 Å². The van der Waals surface area contributed by atoms with Crippen molar-refractivity contribution in [2.75, 3.05) is 0 Å². The van der Waals surface area contributed by atoms with Crippen molar-refractivity contribution in [1.29, 1.82) is 0 Å². The molecular weight excluding hydrogens is 277 g/mol. The average Bonchev–Trinajstić information content (AvgIpc) is 2.18. The van der Waals surface area contributed by atoms with E-state index in [-0.39, 0.29) is 6.04 Å². The predicted octanol–water partition coefficient (Wildman–Crippen LogP) is 2.25. The minimum absolute atomic E-state index is 0.0651. The topological polar surface area (TPSA) is 49.3 Å². The molecule has 1 heterocycles. The molecule has 2 atom stereocenters. The Morgan fingerprint density at radius 2 is 2.31 bits per heavy atom. The van der Waals surface area contributed by atoms with E-state index >= 15 is 0 Å². The molecule has 0 spiro atoms. The van der Waals surface area contributed by atoms with Gasteiger partial charge in [-0.25, -0.2) is 4.39 Å². The Labute approximate surface area is 101 Å². The van der Waals surface area contributed by atoms with Gasteiger partial charge < -0.3 is 5.11 Å². The zero-order valence-corrected chi connectivity index (χ0v) is 10.2. The SMILES string of the molecule is CC1Cc2c(Br)cc(F)cc2C(C(=O)O)N1. The number of aliphatic carboxylic acids is 1. The number of hydrogen-bond acceptors (Lipinski definition) is 2. The van der Waals surface area contributed by atoms with Crippen molar-refractivity contribution in [2.24, 2.45) is 0 Å². The molecule has 1 aliphatic heterocycles. The quantitative estimate of drug-likeness (QED) is 0.833. The first-order valence-corrected chi connectivity index (χ1v) is 5.75. The Morgan fingerprint density at radius 1 is 1.62 bits per heavy atom. The summed E-state index contributed by atoms with van der Waals surface area (Å²) >= 11 is 3.28. The van der Waals surface area contributed by atoms with Gasteiger partial charge >= 0.3 is 5.97 Å². The summed E-state index contributed by atoms with van der Waals surface area (Å²) < 4.78 is 13.9. The molecule has 0 radical (unpaired) electrons. The normalized spacial score (nSPS) is 23.9. The van der Waals surface area contributed by atoms with Crippen molar-refractivity contribution in [2.45, 2.75) is 25.4 Å². The number of halogens is 2. The van der Waals surface area contributed by atoms with E-state index in [1.807, 2.05) is 6.92 Å². The smallest absolute Gasteiger partial charge is 0.325 e. The molecule has 86 valence electrons. The van der Waals surface area contributed by atoms with Gasteiger partial charge in [0.1, 0.15) is 11.9 Å². The van der Waals surface area contributed by atoms with E-state index in [1.54, 1.807) is 0 Å². The fourth-order valence-corrected chi connectivity index (χ4v) is 2.65. The average molecular weight is 288 g/mol. The van der Waals surface area contributed by atoms with Crippen LogP contribution in [0.25, 0.3) is 0 Å². The van der Waals surface area contributed by atoms with Gasteiger partial charge in [-0.05, 0) is 36.6 Å². The van der Waals surface area contributed by atoms with Gasteiger partial charge in [-0.2, -0.15) is 0 Å². The molecule has 2 N–H and O–H groups in total. The van der Waals surface area contributed by atoms with Gasteiger partial charge in [0.2, 0.25) is 0 Å². The summed E-state index contributed by atoms with van der Waals surface area (Å²) in [7, 11) is 0. The summed E-state index contributed by atoms with van der Waals surface area (Å²) in [5.74, 6) is -1.40. The summed E-state index contributed by atoms with van der Waals surface area (Å²) in [5.41, 5.74) is 1.39. The maximum Gasteiger partial charge on any atom is 0.325 e. The molecule has 2 rings (SSSR count). The lowest BCUT2D eigenvalue weighted by atomic mass is 9.90. The number of carboxylic acid groups (broad SMARTS) is 1. The highest BCUT2D eigenvalue weighted by Crippen LogP contribution is 2.32. The lowest BCUT2D eigenvalue weighted by Gasteiger charge is -2.29. The van der Waals surface area contributed by atoms with E-state index in [4.69, 9.17) is 5.11 Å². The lowest BCUT2D eigenvalue weighted by molar-refractivity contribution is -0.140. The van der Waals surface area contributed by atoms with Crippen LogP contribution in [-0.4, -0.2) is 17.1 Å². The molecule has 5 heteroatoms. The van der Waals surface area contributed by atoms with Gasteiger partial charge in [-0.1, -0.05) is 15.9 Å². The summed E-state index contributed by atoms with van der Waals surface area (Å²) in [4.78, 5) is 11.1. The summed E-state index contributed by atoms with van der Waals surface area (Å²) in [5, 5.41) is 12.0. The minimum Gasteiger partial charge on any atom is -0.480 e. The number of hydrogen-bond donors (Lipinski definition) is 2. The second-order valence-electron chi connectivity index (χ2n) is 4.00. The molecule has 0 saturated heterocycles. The monoisotopic (exact) mass is 287 g/mol. The highest BCUT2D eigenvalue weighted by molar-refractivity contribution is 9.10. The number of carboxylic acids is 1. The Morgan fingerprint density at radius 3 is 2.94 bits per heavy atom. The molecule has 1 aromatic carbocycles. The van der Waals surface area contributed by atoms with Crippen molar-refractivity contribution in [1.82, 2.24) is 5.32 Å². The van der Waals surface area contributed by atoms with Gasteiger partial charge in [-0.3, -0.25) is 10.1 Å². The van der Waals surface area contributed by atoms with Crippen LogP contribution in [0.2, 0.25) is 0 Å². The molecule has 0 saturated carbocycles. The molecule has 0 bridgehead atoms. The Hall–Kier alpha value is -0.940. The zero-order valence-electron chi connectivity index (χ0n) is 8.63. The molecule has 0 aliphatic carbocycles. The number of benzene rings is 1. The van der Waals surface area contributed by atoms with Crippen LogP contribution in [0.15, 0.2) is 16.6 Å². The molecule has 0 amide bonds. The van der Waals surface area contributed by atoms with Gasteiger partial charge in [0.15, 0.2) is 0 Å². The van der Waals surface area contributed by atoms with Gasteiger partial charge in [-0.15, -0.1) is 0 Å². The zero-order chi connectivity index (χ0) is 11.9. The minimum atomic E-state index is -0.981. The van der Waals surface area contributed by atoms with Crippen LogP contribution >= 0.6 is 15.9 Å². The predicted molar refractivity (Wildman–Crippen MR) is 60.8 cm³/mol. The van der Waals surface area contributed by atoms with Crippen LogP contribution in [0.5, 0.6) is 0 Å². The molecule has 16 heavy (non-hydrogen) atoms. The molecule has 0 fully saturated rings. The number of fused-ring (bicyclic) bond motifs is 1. The van der Waals surface area contributed by atoms with Crippen molar-refractivity contribution in [3.63, 3.8) is 0 Å². The van der Waals surface area contributed by atoms with E-state index in [1.165, 1.54) is 12.1 Å². The van der Waals surface area contributed by atoms with E-state index in [9.17, 15) is 9.18 Å². The fraction of sp³-hybridized carbons (Fsp3) is 0.364. The Kier molecular flexibility index (Phi) is 2.99. The Balaban J connectivity index is 2.56. The van der Waals surface area contributed by atoms with E-state index < -0.39 is 17.8 Å². The first kappa shape index (κ1) is 11.5. The summed E-state index contributed by atoms with van der Waals surface area (Å²) in [6.45, 7) is 1.91. The third kappa shape index (κ3) is 1.97. The van der Waals surface area contributed by atoms with Crippen molar-refractivity contribution < 1.29 is 14.3 Å². The second kappa shape index (κ2) is 4.14. The molecule has 1 aromatic rings. The maximum absolute atomic E-state index is 13.2. The largest absolute Gasteiger partial charge is 0.480 e. The first-order valence-electron chi connectivity index (χ1n) is 4.95. The van der Waals surface area contributed by atoms with Crippen LogP contribution in [0.3, 0.4) is 0 Å². The standard InChI is InChI=1S/C11H11BrFNO2/c1-5-2-7-8(10(14-5)11(15)16)3-6(13)4-9(7)12/h3-5,10,14H,2H2,1H3,(H,15,16). The van der Waals surface area contributed by atoms with Crippen LogP contribution < -0.4 is 5.32 Å². The highest BCUT2D eigenvalue weighted by atomic mass is 79.9. The Bertz CT molecular complexity index is 450. The van der Waals surface area contributed by atoms with Crippen LogP contribution in [-0.2, 0) is 11.2 Å². The number of carbonyl (C=O) groups is 1. The van der Waals surface area contributed by atoms with Gasteiger partial charge in [0, 0.05) is 10.5 Å². The fourth-order valence-electron chi connectivity index (χ4n) is 2.04. The molecule has 3 nitrogen and oxygen atoms in total. The number of nitrogens with one attached hydrogen (secondary N) is 1. The van der Waals surface area contributed by atoms with Gasteiger partial charge in [0.05, 0.1) is 0 Å². The first-order chi connectivity index (χ1) is 7.49. The highest BCUT2D eigenvalue weighted by Gasteiger charge is 2.30. The van der Waals surface area contributed by atoms with E-state index in [0.29, 0.717) is 16.5 Å². The van der Waals surface area contributed by atoms with Crippen LogP contribution in [0.1, 0.15) is 24.1 Å². The summed E-state index contributed by atoms with van der Waals surface area (Å²) in [6.07, 6.45) is 0.694. The van der Waals surface area contributed by atoms with E-state index in [2.05, 4.69) is 21.2 Å². The lowest BCUT2D eigenvalue weighted by Crippen LogP contribution is -2.41. The third-order valence-electron chi connectivity index (χ3n) is 2.71. The summed E-state index contributed by atoms with van der Waals surface area (Å²) in [6, 6.07) is 1.90. The molecule has 0 aromatic heterocycles. The van der Waals surface area contributed by atoms with Gasteiger partial charge in [0.25, 0.3) is 0 Å². The van der Waals surface area contributed by atoms with Crippen molar-refractivity contribution >= 4 is 21.9 Å². The maximum atomic E-state index is 13.2. The van der Waals surface area contributed by atoms with E-state index in [0.717, 1.165) is 5.56 Å². The molecule has 2 unspecified atom stereocenters. The molecular formula is C11H11BrFNO2. The van der Waals surface area contributed by atoms with Crippen LogP contribution in [0.4, 0.5) is 4.39 Å². The van der Waals surface area contributed by atoms with Crippen LogP contribution in [0, 0.1) is 5.82 Å². The van der Waals surface area contributed by atoms with Crippen molar-refractivity contribution in [3.8, 4) is 0 Å². The second-order valence-corrected chi connectivity index (χ2v) is 4.85. The molecule has 1 aliphatic rings.